The molecule has 2 rings (SSSR count). The molecule has 0 radical (unpaired) electrons. The van der Waals surface area contributed by atoms with Crippen molar-refractivity contribution in [2.24, 2.45) is 5.73 Å². The number of imidazole rings is 1. The Labute approximate surface area is 106 Å². The molecule has 0 saturated heterocycles. The Morgan fingerprint density at radius 3 is 2.94 bits per heavy atom. The number of nitrogens with zero attached hydrogens (tertiary/aromatic N) is 3. The highest BCUT2D eigenvalue weighted by molar-refractivity contribution is 7.99. The first-order valence-electron chi connectivity index (χ1n) is 5.66. The predicted molar refractivity (Wildman–Crippen MR) is 72.4 cm³/mol. The van der Waals surface area contributed by atoms with Crippen molar-refractivity contribution in [2.75, 3.05) is 26.4 Å². The summed E-state index contributed by atoms with van der Waals surface area (Å²) in [4.78, 5) is 6.78. The van der Waals surface area contributed by atoms with Crippen LogP contribution in [-0.4, -0.2) is 40.7 Å². The molecule has 0 bridgehead atoms. The molecular formula is C12H18N4S. The maximum Gasteiger partial charge on any atom is 0.138 e. The van der Waals surface area contributed by atoms with Gasteiger partial charge in [-0.05, 0) is 26.2 Å². The van der Waals surface area contributed by atoms with Gasteiger partial charge in [-0.15, -0.1) is 11.8 Å². The van der Waals surface area contributed by atoms with Crippen LogP contribution in [-0.2, 0) is 6.54 Å². The van der Waals surface area contributed by atoms with Gasteiger partial charge in [0.2, 0.25) is 0 Å². The molecule has 0 aliphatic rings. The van der Waals surface area contributed by atoms with E-state index in [1.807, 2.05) is 24.4 Å². The number of thioether (sulfide) groups is 1. The van der Waals surface area contributed by atoms with Crippen molar-refractivity contribution in [3.05, 3.63) is 30.1 Å². The monoisotopic (exact) mass is 250 g/mol. The first-order valence-corrected chi connectivity index (χ1v) is 6.64. The van der Waals surface area contributed by atoms with E-state index in [1.54, 1.807) is 11.8 Å². The summed E-state index contributed by atoms with van der Waals surface area (Å²) < 4.78 is 2.07. The number of pyridine rings is 1. The zero-order valence-electron chi connectivity index (χ0n) is 10.3. The fourth-order valence-electron chi connectivity index (χ4n) is 1.65. The van der Waals surface area contributed by atoms with E-state index in [0.29, 0.717) is 6.54 Å². The maximum atomic E-state index is 5.81. The summed E-state index contributed by atoms with van der Waals surface area (Å²) in [6.07, 6.45) is 2.01. The third-order valence-electron chi connectivity index (χ3n) is 2.56. The van der Waals surface area contributed by atoms with Gasteiger partial charge in [0.1, 0.15) is 10.7 Å². The van der Waals surface area contributed by atoms with Crippen LogP contribution in [0.1, 0.15) is 5.69 Å². The molecule has 5 heteroatoms. The minimum absolute atomic E-state index is 0.523. The summed E-state index contributed by atoms with van der Waals surface area (Å²) in [5.41, 5.74) is 7.88. The standard InChI is InChI=1S/C12H18N4S/c1-15(2)7-8-17-12-10(9-13)16-6-4-3-5-11(16)14-12/h3-6H,7-9,13H2,1-2H3. The van der Waals surface area contributed by atoms with Crippen LogP contribution in [0.2, 0.25) is 0 Å². The molecular weight excluding hydrogens is 232 g/mol. The van der Waals surface area contributed by atoms with Crippen LogP contribution in [0.25, 0.3) is 5.65 Å². The molecule has 0 fully saturated rings. The van der Waals surface area contributed by atoms with E-state index < -0.39 is 0 Å². The fourth-order valence-corrected chi connectivity index (χ4v) is 2.81. The fraction of sp³-hybridized carbons (Fsp3) is 0.417. The summed E-state index contributed by atoms with van der Waals surface area (Å²) in [6.45, 7) is 1.57. The molecule has 0 atom stereocenters. The van der Waals surface area contributed by atoms with Crippen molar-refractivity contribution in [1.29, 1.82) is 0 Å². The highest BCUT2D eigenvalue weighted by atomic mass is 32.2. The number of hydrogen-bond donors (Lipinski definition) is 1. The number of hydrogen-bond acceptors (Lipinski definition) is 4. The van der Waals surface area contributed by atoms with E-state index in [2.05, 4.69) is 28.4 Å². The average molecular weight is 250 g/mol. The summed E-state index contributed by atoms with van der Waals surface area (Å²) in [6, 6.07) is 6.01. The van der Waals surface area contributed by atoms with Crippen molar-refractivity contribution < 1.29 is 0 Å². The molecule has 0 aliphatic heterocycles. The molecule has 0 spiro atoms. The Morgan fingerprint density at radius 2 is 2.24 bits per heavy atom. The largest absolute Gasteiger partial charge is 0.325 e. The molecule has 0 unspecified atom stereocenters. The zero-order chi connectivity index (χ0) is 12.3. The van der Waals surface area contributed by atoms with Gasteiger partial charge >= 0.3 is 0 Å². The van der Waals surface area contributed by atoms with Crippen LogP contribution < -0.4 is 5.73 Å². The summed E-state index contributed by atoms with van der Waals surface area (Å²) in [5.74, 6) is 1.03. The molecule has 0 aliphatic carbocycles. The average Bonchev–Trinajstić information content (AvgIpc) is 2.66. The van der Waals surface area contributed by atoms with E-state index in [4.69, 9.17) is 5.73 Å². The Kier molecular flexibility index (Phi) is 4.04. The number of aromatic nitrogens is 2. The van der Waals surface area contributed by atoms with Gasteiger partial charge < -0.3 is 15.0 Å². The Morgan fingerprint density at radius 1 is 1.41 bits per heavy atom. The quantitative estimate of drug-likeness (QED) is 0.816. The van der Waals surface area contributed by atoms with Crippen LogP contribution >= 0.6 is 11.8 Å². The molecule has 0 aromatic carbocycles. The van der Waals surface area contributed by atoms with Gasteiger partial charge in [-0.3, -0.25) is 0 Å². The Balaban J connectivity index is 2.21. The van der Waals surface area contributed by atoms with E-state index in [1.165, 1.54) is 0 Å². The lowest BCUT2D eigenvalue weighted by molar-refractivity contribution is 0.437. The number of fused-ring (bicyclic) bond motifs is 1. The second kappa shape index (κ2) is 5.53. The van der Waals surface area contributed by atoms with E-state index in [9.17, 15) is 0 Å². The molecule has 0 amide bonds. The van der Waals surface area contributed by atoms with Crippen molar-refractivity contribution >= 4 is 17.4 Å². The van der Waals surface area contributed by atoms with Gasteiger partial charge in [-0.1, -0.05) is 6.07 Å². The molecule has 4 nitrogen and oxygen atoms in total. The van der Waals surface area contributed by atoms with Crippen molar-refractivity contribution in [1.82, 2.24) is 14.3 Å². The van der Waals surface area contributed by atoms with Crippen LogP contribution in [0, 0.1) is 0 Å². The van der Waals surface area contributed by atoms with E-state index in [-0.39, 0.29) is 0 Å². The molecule has 2 aromatic heterocycles. The molecule has 17 heavy (non-hydrogen) atoms. The van der Waals surface area contributed by atoms with Gasteiger partial charge in [0.15, 0.2) is 0 Å². The SMILES string of the molecule is CN(C)CCSc1nc2ccccn2c1CN. The van der Waals surface area contributed by atoms with Gasteiger partial charge in [-0.25, -0.2) is 4.98 Å². The first kappa shape index (κ1) is 12.4. The molecule has 2 aromatic rings. The highest BCUT2D eigenvalue weighted by Gasteiger charge is 2.10. The second-order valence-electron chi connectivity index (χ2n) is 4.15. The lowest BCUT2D eigenvalue weighted by Crippen LogP contribution is -2.15. The van der Waals surface area contributed by atoms with Crippen molar-refractivity contribution in [3.8, 4) is 0 Å². The van der Waals surface area contributed by atoms with Crippen LogP contribution in [0.3, 0.4) is 0 Å². The summed E-state index contributed by atoms with van der Waals surface area (Å²) in [5, 5.41) is 1.06. The third kappa shape index (κ3) is 2.80. The normalized spacial score (nSPS) is 11.5. The topological polar surface area (TPSA) is 46.6 Å². The van der Waals surface area contributed by atoms with E-state index >= 15 is 0 Å². The second-order valence-corrected chi connectivity index (χ2v) is 5.23. The Bertz CT molecular complexity index is 492. The predicted octanol–water partition coefficient (Wildman–Crippen LogP) is 1.45. The summed E-state index contributed by atoms with van der Waals surface area (Å²) >= 11 is 1.77. The zero-order valence-corrected chi connectivity index (χ0v) is 11.1. The van der Waals surface area contributed by atoms with Crippen LogP contribution in [0.4, 0.5) is 0 Å². The third-order valence-corrected chi connectivity index (χ3v) is 3.55. The number of nitrogens with two attached hydrogens (primary N) is 1. The van der Waals surface area contributed by atoms with Crippen molar-refractivity contribution in [3.63, 3.8) is 0 Å². The van der Waals surface area contributed by atoms with E-state index in [0.717, 1.165) is 28.7 Å². The summed E-state index contributed by atoms with van der Waals surface area (Å²) in [7, 11) is 4.15. The highest BCUT2D eigenvalue weighted by Crippen LogP contribution is 2.22. The maximum absolute atomic E-state index is 5.81. The lowest BCUT2D eigenvalue weighted by atomic mass is 10.4. The van der Waals surface area contributed by atoms with Crippen LogP contribution in [0.5, 0.6) is 0 Å². The van der Waals surface area contributed by atoms with Gasteiger partial charge in [0.25, 0.3) is 0 Å². The van der Waals surface area contributed by atoms with Crippen LogP contribution in [0.15, 0.2) is 29.4 Å². The minimum atomic E-state index is 0.523. The Hall–Kier alpha value is -1.04. The molecule has 2 N–H and O–H groups in total. The first-order chi connectivity index (χ1) is 8.22. The lowest BCUT2D eigenvalue weighted by Gasteiger charge is -2.08. The van der Waals surface area contributed by atoms with Gasteiger partial charge in [0, 0.05) is 25.0 Å². The molecule has 92 valence electrons. The number of rotatable bonds is 5. The van der Waals surface area contributed by atoms with Gasteiger partial charge in [-0.2, -0.15) is 0 Å². The smallest absolute Gasteiger partial charge is 0.138 e. The molecule has 0 saturated carbocycles. The van der Waals surface area contributed by atoms with Gasteiger partial charge in [0.05, 0.1) is 5.69 Å². The molecule has 2 heterocycles. The minimum Gasteiger partial charge on any atom is -0.325 e. The van der Waals surface area contributed by atoms with Crippen molar-refractivity contribution in [2.45, 2.75) is 11.6 Å².